The Morgan fingerprint density at radius 1 is 0.850 bits per heavy atom. The van der Waals surface area contributed by atoms with E-state index in [-0.39, 0.29) is 17.3 Å². The van der Waals surface area contributed by atoms with Gasteiger partial charge in [-0.3, -0.25) is 0 Å². The van der Waals surface area contributed by atoms with E-state index in [1.54, 1.807) is 0 Å². The highest BCUT2D eigenvalue weighted by atomic mass is 32.1. The normalized spacial score (nSPS) is 20.8. The second-order valence-electron chi connectivity index (χ2n) is 13.1. The Labute approximate surface area is 241 Å². The van der Waals surface area contributed by atoms with Gasteiger partial charge in [0.25, 0.3) is 0 Å². The van der Waals surface area contributed by atoms with Gasteiger partial charge in [0.2, 0.25) is 0 Å². The maximum absolute atomic E-state index is 6.24. The number of benzene rings is 4. The summed E-state index contributed by atoms with van der Waals surface area (Å²) in [6, 6.07) is 23.3. The molecule has 0 spiro atoms. The first-order valence-electron chi connectivity index (χ1n) is 14.6. The lowest BCUT2D eigenvalue weighted by Crippen LogP contribution is -2.19. The monoisotopic (exact) mass is 544 g/mol. The summed E-state index contributed by atoms with van der Waals surface area (Å²) < 4.78 is 13.9. The van der Waals surface area contributed by atoms with Crippen LogP contribution in [0.3, 0.4) is 0 Å². The molecule has 0 N–H and O–H groups in total. The van der Waals surface area contributed by atoms with E-state index in [4.69, 9.17) is 9.47 Å². The van der Waals surface area contributed by atoms with Gasteiger partial charge < -0.3 is 9.47 Å². The van der Waals surface area contributed by atoms with Gasteiger partial charge in [0, 0.05) is 29.2 Å². The fraction of sp³-hybridized carbons (Fsp3) is 0.351. The van der Waals surface area contributed by atoms with Crippen LogP contribution in [0.1, 0.15) is 72.9 Å². The minimum atomic E-state index is -0.621. The Balaban J connectivity index is 1.49. The molecule has 3 heteroatoms. The van der Waals surface area contributed by atoms with Gasteiger partial charge in [-0.25, -0.2) is 0 Å². The third-order valence-electron chi connectivity index (χ3n) is 10.0. The molecule has 0 amide bonds. The summed E-state index contributed by atoms with van der Waals surface area (Å²) in [5.41, 5.74) is 12.6. The summed E-state index contributed by atoms with van der Waals surface area (Å²) in [6.45, 7) is 11.8. The number of fused-ring (bicyclic) bond motifs is 14. The van der Waals surface area contributed by atoms with E-state index in [1.165, 1.54) is 75.8 Å². The molecule has 3 aliphatic carbocycles. The molecule has 202 valence electrons. The number of thiophene rings is 1. The molecule has 2 unspecified atom stereocenters. The van der Waals surface area contributed by atoms with E-state index < -0.39 is 5.79 Å². The molecule has 3 aliphatic rings. The number of methoxy groups -OCH3 is 2. The topological polar surface area (TPSA) is 18.5 Å². The number of hydrogen-bond donors (Lipinski definition) is 0. The zero-order valence-electron chi connectivity index (χ0n) is 24.4. The second kappa shape index (κ2) is 8.06. The highest BCUT2D eigenvalue weighted by molar-refractivity contribution is 7.22. The van der Waals surface area contributed by atoms with Crippen molar-refractivity contribution in [3.8, 4) is 21.6 Å². The number of rotatable bonds is 4. The van der Waals surface area contributed by atoms with E-state index in [0.717, 1.165) is 6.42 Å². The van der Waals surface area contributed by atoms with Gasteiger partial charge in [-0.1, -0.05) is 82.3 Å². The van der Waals surface area contributed by atoms with Crippen molar-refractivity contribution in [3.63, 3.8) is 0 Å². The van der Waals surface area contributed by atoms with Gasteiger partial charge in [0.15, 0.2) is 5.79 Å². The standard InChI is InChI=1S/C37H36O2S/c1-19(2)16-21-12-13-23-22(18-21)17-20(3)28-29(23)30-25(32-34(28)37(32,38-6)39-7)14-15-26-31(30)36(4,5)33-24-10-8-9-11-27(24)40-35(26)33/h8-15,17-19,32,34H,16H2,1-7H3. The van der Waals surface area contributed by atoms with E-state index in [1.807, 2.05) is 25.6 Å². The van der Waals surface area contributed by atoms with Crippen molar-refractivity contribution in [3.05, 3.63) is 94.0 Å². The fourth-order valence-corrected chi connectivity index (χ4v) is 9.94. The average molecular weight is 545 g/mol. The third-order valence-corrected chi connectivity index (χ3v) is 11.3. The quantitative estimate of drug-likeness (QED) is 0.210. The van der Waals surface area contributed by atoms with Crippen LogP contribution in [0, 0.1) is 12.8 Å². The van der Waals surface area contributed by atoms with Crippen molar-refractivity contribution in [1.82, 2.24) is 0 Å². The molecular formula is C37H36O2S. The molecule has 2 atom stereocenters. The SMILES string of the molecule is COC1(OC)C2c3ccc4c(c3-c3c(c(C)cc5cc(CC(C)C)ccc35)C21)C(C)(C)c1c-4sc2ccccc12. The Kier molecular flexibility index (Phi) is 5.00. The first-order valence-corrected chi connectivity index (χ1v) is 15.4. The van der Waals surface area contributed by atoms with Crippen LogP contribution in [0.2, 0.25) is 0 Å². The van der Waals surface area contributed by atoms with Crippen molar-refractivity contribution in [2.45, 2.75) is 64.1 Å². The first-order chi connectivity index (χ1) is 19.2. The molecule has 1 aromatic heterocycles. The highest BCUT2D eigenvalue weighted by Gasteiger charge is 2.71. The van der Waals surface area contributed by atoms with Gasteiger partial charge in [-0.2, -0.15) is 0 Å². The van der Waals surface area contributed by atoms with Gasteiger partial charge >= 0.3 is 0 Å². The molecule has 2 nitrogen and oxygen atoms in total. The van der Waals surface area contributed by atoms with Crippen LogP contribution in [0.5, 0.6) is 0 Å². The maximum Gasteiger partial charge on any atom is 0.182 e. The predicted octanol–water partition coefficient (Wildman–Crippen LogP) is 9.72. The Bertz CT molecular complexity index is 1880. The van der Waals surface area contributed by atoms with Crippen LogP contribution in [0.25, 0.3) is 42.4 Å². The number of aryl methyl sites for hydroxylation is 1. The Morgan fingerprint density at radius 2 is 1.62 bits per heavy atom. The lowest BCUT2D eigenvalue weighted by molar-refractivity contribution is -0.136. The van der Waals surface area contributed by atoms with E-state index in [0.29, 0.717) is 5.92 Å². The Morgan fingerprint density at radius 3 is 2.38 bits per heavy atom. The lowest BCUT2D eigenvalue weighted by atomic mass is 9.72. The van der Waals surface area contributed by atoms with Crippen LogP contribution in [-0.4, -0.2) is 20.0 Å². The van der Waals surface area contributed by atoms with Gasteiger partial charge in [-0.15, -0.1) is 11.3 Å². The molecule has 8 rings (SSSR count). The summed E-state index contributed by atoms with van der Waals surface area (Å²) in [6.07, 6.45) is 1.10. The molecule has 1 fully saturated rings. The Hall–Kier alpha value is -2.98. The highest BCUT2D eigenvalue weighted by Crippen LogP contribution is 2.73. The number of ether oxygens (including phenoxy) is 2. The summed E-state index contributed by atoms with van der Waals surface area (Å²) in [5, 5.41) is 4.09. The third kappa shape index (κ3) is 2.91. The molecule has 1 heterocycles. The second-order valence-corrected chi connectivity index (χ2v) is 14.2. The molecule has 0 bridgehead atoms. The lowest BCUT2D eigenvalue weighted by Gasteiger charge is -2.30. The van der Waals surface area contributed by atoms with E-state index >= 15 is 0 Å². The molecule has 40 heavy (non-hydrogen) atoms. The molecular weight excluding hydrogens is 508 g/mol. The minimum Gasteiger partial charge on any atom is -0.352 e. The molecule has 1 saturated carbocycles. The van der Waals surface area contributed by atoms with Crippen LogP contribution < -0.4 is 0 Å². The fourth-order valence-electron chi connectivity index (χ4n) is 8.54. The predicted molar refractivity (Wildman–Crippen MR) is 168 cm³/mol. The molecule has 4 aromatic carbocycles. The van der Waals surface area contributed by atoms with Crippen LogP contribution in [0.15, 0.2) is 60.7 Å². The zero-order chi connectivity index (χ0) is 27.7. The van der Waals surface area contributed by atoms with Crippen molar-refractivity contribution < 1.29 is 9.47 Å². The maximum atomic E-state index is 6.24. The first kappa shape index (κ1) is 24.8. The zero-order valence-corrected chi connectivity index (χ0v) is 25.3. The van der Waals surface area contributed by atoms with E-state index in [9.17, 15) is 0 Å². The van der Waals surface area contributed by atoms with Gasteiger partial charge in [-0.05, 0) is 91.6 Å². The largest absolute Gasteiger partial charge is 0.352 e. The van der Waals surface area contributed by atoms with Crippen LogP contribution in [0.4, 0.5) is 0 Å². The molecule has 0 aliphatic heterocycles. The van der Waals surface area contributed by atoms with E-state index in [2.05, 4.69) is 95.3 Å². The number of hydrogen-bond acceptors (Lipinski definition) is 3. The summed E-state index contributed by atoms with van der Waals surface area (Å²) in [4.78, 5) is 1.43. The summed E-state index contributed by atoms with van der Waals surface area (Å²) in [7, 11) is 3.63. The summed E-state index contributed by atoms with van der Waals surface area (Å²) in [5.74, 6) is 0.399. The van der Waals surface area contributed by atoms with Gasteiger partial charge in [0.05, 0.1) is 11.8 Å². The van der Waals surface area contributed by atoms with Crippen LogP contribution in [-0.2, 0) is 21.3 Å². The van der Waals surface area contributed by atoms with Crippen molar-refractivity contribution >= 4 is 32.2 Å². The van der Waals surface area contributed by atoms with Crippen molar-refractivity contribution in [2.75, 3.05) is 14.2 Å². The molecule has 0 saturated heterocycles. The molecule has 5 aromatic rings. The van der Waals surface area contributed by atoms with Crippen molar-refractivity contribution in [1.29, 1.82) is 0 Å². The molecule has 0 radical (unpaired) electrons. The average Bonchev–Trinajstić information content (AvgIpc) is 3.33. The van der Waals surface area contributed by atoms with Crippen molar-refractivity contribution in [2.24, 2.45) is 5.92 Å². The minimum absolute atomic E-state index is 0.120. The smallest absolute Gasteiger partial charge is 0.182 e. The summed E-state index contributed by atoms with van der Waals surface area (Å²) >= 11 is 1.95. The van der Waals surface area contributed by atoms with Crippen LogP contribution >= 0.6 is 11.3 Å². The van der Waals surface area contributed by atoms with Gasteiger partial charge in [0.1, 0.15) is 0 Å².